The molecule has 0 atom stereocenters. The molecule has 0 spiro atoms. The third kappa shape index (κ3) is 9.34. The first-order chi connectivity index (χ1) is 19.0. The van der Waals surface area contributed by atoms with E-state index in [2.05, 4.69) is 121 Å². The van der Waals surface area contributed by atoms with Gasteiger partial charge < -0.3 is 0 Å². The second kappa shape index (κ2) is 15.9. The van der Waals surface area contributed by atoms with Crippen molar-refractivity contribution < 1.29 is 0 Å². The summed E-state index contributed by atoms with van der Waals surface area (Å²) in [5, 5.41) is 7.44. The highest BCUT2D eigenvalue weighted by molar-refractivity contribution is 5.76. The van der Waals surface area contributed by atoms with E-state index in [4.69, 9.17) is 17.5 Å². The Morgan fingerprint density at radius 3 is 1.31 bits per heavy atom. The summed E-state index contributed by atoms with van der Waals surface area (Å²) in [6.45, 7) is 5.60. The molecular weight excluding hydrogens is 480 g/mol. The van der Waals surface area contributed by atoms with Crippen LogP contribution in [0.15, 0.2) is 34.5 Å². The average molecular weight is 495 g/mol. The van der Waals surface area contributed by atoms with E-state index in [-0.39, 0.29) is 0 Å². The normalized spacial score (nSPS) is 7.23. The van der Waals surface area contributed by atoms with Crippen molar-refractivity contribution in [2.45, 2.75) is 20.8 Å². The van der Waals surface area contributed by atoms with E-state index in [9.17, 15) is 0 Å². The molecule has 2 rings (SSSR count). The molecule has 0 aromatic heterocycles. The Kier molecular flexibility index (Phi) is 11.6. The fraction of sp³-hybridized carbons (Fsp3) is 0.0909. The fourth-order valence-electron chi connectivity index (χ4n) is 3.02. The molecule has 0 bridgehead atoms. The Morgan fingerprint density at radius 1 is 0.564 bits per heavy atom. The second-order valence-electron chi connectivity index (χ2n) is 7.15. The molecule has 0 aliphatic heterocycles. The van der Waals surface area contributed by atoms with Gasteiger partial charge in [-0.15, -0.1) is 6.42 Å². The maximum absolute atomic E-state index is 8.88. The molecule has 0 N–H and O–H groups in total. The molecule has 0 amide bonds. The number of terminal acetylenes is 1. The first kappa shape index (κ1) is 28.3. The summed E-state index contributed by atoms with van der Waals surface area (Å²) in [6.07, 6.45) is 4.95. The smallest absolute Gasteiger partial charge is 0.0415 e. The lowest BCUT2D eigenvalue weighted by molar-refractivity contribution is 1.32. The van der Waals surface area contributed by atoms with E-state index < -0.39 is 0 Å². The van der Waals surface area contributed by atoms with Crippen LogP contribution in [0.25, 0.3) is 32.0 Å². The van der Waals surface area contributed by atoms with Crippen molar-refractivity contribution in [2.75, 3.05) is 0 Å². The van der Waals surface area contributed by atoms with Gasteiger partial charge in [-0.2, -0.15) is 0 Å². The molecule has 0 aliphatic rings. The largest absolute Gasteiger partial charge is 0.106 e. The summed E-state index contributed by atoms with van der Waals surface area (Å²) in [7, 11) is 0. The third-order valence-electron chi connectivity index (χ3n) is 4.66. The van der Waals surface area contributed by atoms with Crippen LogP contribution in [0.1, 0.15) is 22.3 Å². The van der Waals surface area contributed by atoms with Crippen LogP contribution < -0.4 is 0 Å². The van der Waals surface area contributed by atoms with E-state index in [1.807, 2.05) is 26.0 Å². The Morgan fingerprint density at radius 2 is 0.923 bits per heavy atom. The number of azide groups is 2. The van der Waals surface area contributed by atoms with Gasteiger partial charge in [-0.05, 0) is 167 Å². The van der Waals surface area contributed by atoms with Crippen LogP contribution in [0.3, 0.4) is 0 Å². The van der Waals surface area contributed by atoms with Crippen molar-refractivity contribution in [1.82, 2.24) is 0 Å². The molecular formula is C33H14N6. The number of aryl methyl sites for hydroxylation is 2. The van der Waals surface area contributed by atoms with Gasteiger partial charge in [0, 0.05) is 26.8 Å². The lowest BCUT2D eigenvalue weighted by Gasteiger charge is -2.12. The van der Waals surface area contributed by atoms with E-state index in [0.29, 0.717) is 16.9 Å². The van der Waals surface area contributed by atoms with Crippen molar-refractivity contribution in [1.29, 1.82) is 0 Å². The SMILES string of the molecule is C#CC#CC#CC#CC#CC#CC#CC#CC#Cc1c(C)cc(-c2cc(N=[N+]=[N-])c(C)c(N=[N+]=[N-])c2)cc1C. The van der Waals surface area contributed by atoms with Crippen LogP contribution in [0.4, 0.5) is 11.4 Å². The van der Waals surface area contributed by atoms with Crippen molar-refractivity contribution in [3.05, 3.63) is 67.4 Å². The third-order valence-corrected chi connectivity index (χ3v) is 4.66. The molecule has 0 saturated carbocycles. The molecule has 6 nitrogen and oxygen atoms in total. The molecule has 176 valence electrons. The first-order valence-corrected chi connectivity index (χ1v) is 10.8. The van der Waals surface area contributed by atoms with Gasteiger partial charge in [-0.1, -0.05) is 28.3 Å². The van der Waals surface area contributed by atoms with E-state index in [0.717, 1.165) is 27.8 Å². The average Bonchev–Trinajstić information content (AvgIpc) is 2.92. The Balaban J connectivity index is 2.19. The Bertz CT molecular complexity index is 1940. The summed E-state index contributed by atoms with van der Waals surface area (Å²) < 4.78 is 0. The highest BCUT2D eigenvalue weighted by atomic mass is 15.1. The zero-order valence-corrected chi connectivity index (χ0v) is 21.1. The molecule has 39 heavy (non-hydrogen) atoms. The second-order valence-corrected chi connectivity index (χ2v) is 7.15. The van der Waals surface area contributed by atoms with Gasteiger partial charge in [0.1, 0.15) is 0 Å². The van der Waals surface area contributed by atoms with Crippen LogP contribution >= 0.6 is 0 Å². The van der Waals surface area contributed by atoms with Gasteiger partial charge in [-0.25, -0.2) is 0 Å². The number of benzene rings is 2. The molecule has 6 heteroatoms. The molecule has 2 aromatic carbocycles. The molecule has 2 aromatic rings. The predicted molar refractivity (Wildman–Crippen MR) is 154 cm³/mol. The van der Waals surface area contributed by atoms with Gasteiger partial charge >= 0.3 is 0 Å². The van der Waals surface area contributed by atoms with Crippen LogP contribution in [0, 0.1) is 128 Å². The summed E-state index contributed by atoms with van der Waals surface area (Å²) in [6, 6.07) is 7.42. The van der Waals surface area contributed by atoms with Crippen molar-refractivity contribution in [3.8, 4) is 118 Å². The van der Waals surface area contributed by atoms with Crippen LogP contribution in [-0.2, 0) is 0 Å². The van der Waals surface area contributed by atoms with Gasteiger partial charge in [-0.3, -0.25) is 0 Å². The lowest BCUT2D eigenvalue weighted by Crippen LogP contribution is -1.91. The highest BCUT2D eigenvalue weighted by Gasteiger charge is 2.10. The monoisotopic (exact) mass is 494 g/mol. The first-order valence-electron chi connectivity index (χ1n) is 10.8. The van der Waals surface area contributed by atoms with Crippen LogP contribution in [0.5, 0.6) is 0 Å². The number of hydrogen-bond donors (Lipinski definition) is 0. The minimum Gasteiger partial charge on any atom is -0.106 e. The number of nitrogens with zero attached hydrogens (tertiary/aromatic N) is 6. The van der Waals surface area contributed by atoms with Gasteiger partial charge in [0.2, 0.25) is 0 Å². The lowest BCUT2D eigenvalue weighted by atomic mass is 9.94. The maximum atomic E-state index is 8.88. The van der Waals surface area contributed by atoms with Crippen molar-refractivity contribution in [3.63, 3.8) is 0 Å². The predicted octanol–water partition coefficient (Wildman–Crippen LogP) is 6.17. The number of hydrogen-bond acceptors (Lipinski definition) is 2. The van der Waals surface area contributed by atoms with Crippen molar-refractivity contribution >= 4 is 11.4 Å². The van der Waals surface area contributed by atoms with Gasteiger partial charge in [0.05, 0.1) is 0 Å². The van der Waals surface area contributed by atoms with Crippen LogP contribution in [0.2, 0.25) is 0 Å². The standard InChI is InChI=1S/C33H14N6/c1-5-6-7-8-9-10-11-12-13-14-15-16-17-18-19-20-21-31-26(2)22-29(23-27(31)3)30-24-32(36-38-34)28(4)33(25-30)37-39-35/h1,22-25H,2-4H3. The van der Waals surface area contributed by atoms with Gasteiger partial charge in [0.25, 0.3) is 0 Å². The summed E-state index contributed by atoms with van der Waals surface area (Å²) in [4.78, 5) is 5.73. The minimum atomic E-state index is 0.395. The quantitative estimate of drug-likeness (QED) is 0.211. The fourth-order valence-corrected chi connectivity index (χ4v) is 3.02. The molecule has 0 radical (unpaired) electrons. The Labute approximate surface area is 227 Å². The molecule has 0 fully saturated rings. The highest BCUT2D eigenvalue weighted by Crippen LogP contribution is 2.36. The number of rotatable bonds is 3. The van der Waals surface area contributed by atoms with E-state index >= 15 is 0 Å². The molecule has 0 aliphatic carbocycles. The summed E-state index contributed by atoms with van der Waals surface area (Å²) in [5.74, 6) is 43.2. The summed E-state index contributed by atoms with van der Waals surface area (Å²) >= 11 is 0. The topological polar surface area (TPSA) is 97.5 Å². The molecule has 0 heterocycles. The molecule has 0 saturated heterocycles. The van der Waals surface area contributed by atoms with Crippen molar-refractivity contribution in [2.24, 2.45) is 10.2 Å². The molecule has 0 unspecified atom stereocenters. The van der Waals surface area contributed by atoms with Gasteiger partial charge in [0.15, 0.2) is 0 Å². The summed E-state index contributed by atoms with van der Waals surface area (Å²) in [5.41, 5.74) is 23.5. The Hall–Kier alpha value is -6.90. The minimum absolute atomic E-state index is 0.395. The van der Waals surface area contributed by atoms with Crippen LogP contribution in [-0.4, -0.2) is 0 Å². The van der Waals surface area contributed by atoms with E-state index in [1.165, 1.54) is 0 Å². The zero-order chi connectivity index (χ0) is 28.3. The zero-order valence-electron chi connectivity index (χ0n) is 21.1. The maximum Gasteiger partial charge on any atom is 0.0415 e. The van der Waals surface area contributed by atoms with E-state index in [1.54, 1.807) is 19.1 Å².